The van der Waals surface area contributed by atoms with E-state index in [1.807, 2.05) is 19.1 Å². The molecule has 0 amide bonds. The fourth-order valence-electron chi connectivity index (χ4n) is 2.10. The summed E-state index contributed by atoms with van der Waals surface area (Å²) in [5, 5.41) is 3.58. The molecule has 2 heteroatoms. The maximum atomic E-state index is 4.56. The minimum absolute atomic E-state index is 0.250. The molecule has 0 saturated heterocycles. The summed E-state index contributed by atoms with van der Waals surface area (Å²) in [6, 6.07) is 17.2. The van der Waals surface area contributed by atoms with Gasteiger partial charge in [0.2, 0.25) is 0 Å². The highest BCUT2D eigenvalue weighted by molar-refractivity contribution is 5.19. The van der Waals surface area contributed by atoms with E-state index in [0.717, 1.165) is 11.4 Å². The maximum absolute atomic E-state index is 4.56. The van der Waals surface area contributed by atoms with E-state index in [-0.39, 0.29) is 6.04 Å². The maximum Gasteiger partial charge on any atom is 0.0573 e. The Hall–Kier alpha value is -1.67. The van der Waals surface area contributed by atoms with Crippen LogP contribution in [0.2, 0.25) is 0 Å². The molecular formula is C16H20N2. The lowest BCUT2D eigenvalue weighted by Crippen LogP contribution is -2.23. The van der Waals surface area contributed by atoms with Crippen molar-refractivity contribution in [3.8, 4) is 0 Å². The Morgan fingerprint density at radius 2 is 1.61 bits per heavy atom. The Bertz CT molecular complexity index is 493. The van der Waals surface area contributed by atoms with Gasteiger partial charge in [-0.2, -0.15) is 0 Å². The zero-order valence-electron chi connectivity index (χ0n) is 11.2. The van der Waals surface area contributed by atoms with E-state index in [1.165, 1.54) is 5.56 Å². The molecule has 2 nitrogen and oxygen atoms in total. The lowest BCUT2D eigenvalue weighted by molar-refractivity contribution is 0.486. The number of hydrogen-bond acceptors (Lipinski definition) is 2. The highest BCUT2D eigenvalue weighted by atomic mass is 15.0. The predicted octanol–water partition coefficient (Wildman–Crippen LogP) is 3.80. The normalized spacial score (nSPS) is 14.2. The van der Waals surface area contributed by atoms with E-state index in [9.17, 15) is 0 Å². The van der Waals surface area contributed by atoms with Gasteiger partial charge in [0.1, 0.15) is 0 Å². The van der Waals surface area contributed by atoms with E-state index >= 15 is 0 Å². The Morgan fingerprint density at radius 1 is 0.889 bits per heavy atom. The Morgan fingerprint density at radius 3 is 2.28 bits per heavy atom. The molecule has 2 rings (SSSR count). The van der Waals surface area contributed by atoms with Gasteiger partial charge in [0.25, 0.3) is 0 Å². The van der Waals surface area contributed by atoms with Gasteiger partial charge >= 0.3 is 0 Å². The van der Waals surface area contributed by atoms with Crippen LogP contribution in [0.25, 0.3) is 0 Å². The number of rotatable bonds is 4. The number of aromatic nitrogens is 1. The third kappa shape index (κ3) is 3.17. The van der Waals surface area contributed by atoms with Gasteiger partial charge in [-0.3, -0.25) is 4.98 Å². The number of nitrogens with one attached hydrogen (secondary N) is 1. The van der Waals surface area contributed by atoms with Crippen LogP contribution < -0.4 is 5.32 Å². The number of benzene rings is 1. The molecule has 0 aliphatic carbocycles. The van der Waals surface area contributed by atoms with Crippen LogP contribution in [0, 0.1) is 6.92 Å². The zero-order chi connectivity index (χ0) is 13.0. The summed E-state index contributed by atoms with van der Waals surface area (Å²) in [7, 11) is 0. The van der Waals surface area contributed by atoms with E-state index in [0.29, 0.717) is 6.04 Å². The molecule has 1 aromatic heterocycles. The Balaban J connectivity index is 2.05. The SMILES string of the molecule is Cc1cccc([C@H](C)N[C@@H](C)c2ccccc2)n1. The third-order valence-corrected chi connectivity index (χ3v) is 3.15. The molecule has 0 bridgehead atoms. The number of nitrogens with zero attached hydrogens (tertiary/aromatic N) is 1. The van der Waals surface area contributed by atoms with Crippen LogP contribution in [0.15, 0.2) is 48.5 Å². The van der Waals surface area contributed by atoms with E-state index < -0.39 is 0 Å². The first-order valence-corrected chi connectivity index (χ1v) is 6.41. The molecule has 1 N–H and O–H groups in total. The molecule has 2 aromatic rings. The summed E-state index contributed by atoms with van der Waals surface area (Å²) in [4.78, 5) is 4.56. The molecule has 1 aromatic carbocycles. The van der Waals surface area contributed by atoms with Crippen LogP contribution in [-0.2, 0) is 0 Å². The van der Waals surface area contributed by atoms with Gasteiger partial charge in [0.05, 0.1) is 5.69 Å². The van der Waals surface area contributed by atoms with E-state index in [4.69, 9.17) is 0 Å². The van der Waals surface area contributed by atoms with Crippen LogP contribution >= 0.6 is 0 Å². The second-order valence-electron chi connectivity index (χ2n) is 4.72. The molecule has 0 saturated carbocycles. The second kappa shape index (κ2) is 5.78. The highest BCUT2D eigenvalue weighted by Gasteiger charge is 2.11. The highest BCUT2D eigenvalue weighted by Crippen LogP contribution is 2.17. The minimum atomic E-state index is 0.250. The topological polar surface area (TPSA) is 24.9 Å². The summed E-state index contributed by atoms with van der Waals surface area (Å²) in [6.07, 6.45) is 0. The van der Waals surface area contributed by atoms with Crippen LogP contribution in [0.4, 0.5) is 0 Å². The van der Waals surface area contributed by atoms with Crippen molar-refractivity contribution >= 4 is 0 Å². The number of hydrogen-bond donors (Lipinski definition) is 1. The Labute approximate surface area is 109 Å². The number of pyridine rings is 1. The molecule has 1 heterocycles. The largest absolute Gasteiger partial charge is 0.302 e. The van der Waals surface area contributed by atoms with Crippen molar-refractivity contribution in [2.24, 2.45) is 0 Å². The zero-order valence-corrected chi connectivity index (χ0v) is 11.2. The molecule has 0 aliphatic rings. The summed E-state index contributed by atoms with van der Waals surface area (Å²) < 4.78 is 0. The first-order valence-electron chi connectivity index (χ1n) is 6.41. The van der Waals surface area contributed by atoms with Gasteiger partial charge in [-0.1, -0.05) is 36.4 Å². The monoisotopic (exact) mass is 240 g/mol. The Kier molecular flexibility index (Phi) is 4.11. The van der Waals surface area contributed by atoms with Crippen molar-refractivity contribution in [3.63, 3.8) is 0 Å². The van der Waals surface area contributed by atoms with Gasteiger partial charge in [-0.15, -0.1) is 0 Å². The van der Waals surface area contributed by atoms with Gasteiger partial charge < -0.3 is 5.32 Å². The van der Waals surface area contributed by atoms with Crippen molar-refractivity contribution in [2.75, 3.05) is 0 Å². The smallest absolute Gasteiger partial charge is 0.0573 e. The van der Waals surface area contributed by atoms with Crippen molar-refractivity contribution in [3.05, 3.63) is 65.5 Å². The first kappa shape index (κ1) is 12.8. The lowest BCUT2D eigenvalue weighted by atomic mass is 10.1. The molecule has 94 valence electrons. The fourth-order valence-corrected chi connectivity index (χ4v) is 2.10. The minimum Gasteiger partial charge on any atom is -0.302 e. The number of aryl methyl sites for hydroxylation is 1. The van der Waals surface area contributed by atoms with Crippen molar-refractivity contribution in [1.82, 2.24) is 10.3 Å². The summed E-state index contributed by atoms with van der Waals surface area (Å²) in [5.74, 6) is 0. The molecule has 2 atom stereocenters. The predicted molar refractivity (Wildman–Crippen MR) is 75.4 cm³/mol. The van der Waals surface area contributed by atoms with Gasteiger partial charge in [0.15, 0.2) is 0 Å². The molecule has 18 heavy (non-hydrogen) atoms. The van der Waals surface area contributed by atoms with E-state index in [2.05, 4.69) is 60.5 Å². The molecule has 0 spiro atoms. The van der Waals surface area contributed by atoms with Crippen LogP contribution in [0.5, 0.6) is 0 Å². The van der Waals surface area contributed by atoms with Crippen molar-refractivity contribution in [2.45, 2.75) is 32.9 Å². The standard InChI is InChI=1S/C16H20N2/c1-12-8-7-11-16(17-12)14(3)18-13(2)15-9-5-4-6-10-15/h4-11,13-14,18H,1-3H3/t13-,14-/m0/s1. The lowest BCUT2D eigenvalue weighted by Gasteiger charge is -2.20. The average molecular weight is 240 g/mol. The van der Waals surface area contributed by atoms with Crippen LogP contribution in [0.1, 0.15) is 42.9 Å². The van der Waals surface area contributed by atoms with Crippen LogP contribution in [-0.4, -0.2) is 4.98 Å². The van der Waals surface area contributed by atoms with Gasteiger partial charge in [-0.25, -0.2) is 0 Å². The van der Waals surface area contributed by atoms with Crippen molar-refractivity contribution in [1.29, 1.82) is 0 Å². The van der Waals surface area contributed by atoms with Crippen LogP contribution in [0.3, 0.4) is 0 Å². The average Bonchev–Trinajstić information content (AvgIpc) is 2.39. The third-order valence-electron chi connectivity index (χ3n) is 3.15. The fraction of sp³-hybridized carbons (Fsp3) is 0.312. The molecule has 0 fully saturated rings. The molecular weight excluding hydrogens is 220 g/mol. The molecule has 0 unspecified atom stereocenters. The summed E-state index contributed by atoms with van der Waals surface area (Å²) in [5.41, 5.74) is 3.46. The quantitative estimate of drug-likeness (QED) is 0.879. The molecule has 0 aliphatic heterocycles. The van der Waals surface area contributed by atoms with Gasteiger partial charge in [-0.05, 0) is 38.5 Å². The summed E-state index contributed by atoms with van der Waals surface area (Å²) >= 11 is 0. The van der Waals surface area contributed by atoms with Gasteiger partial charge in [0, 0.05) is 17.8 Å². The second-order valence-corrected chi connectivity index (χ2v) is 4.72. The van der Waals surface area contributed by atoms with E-state index in [1.54, 1.807) is 0 Å². The molecule has 0 radical (unpaired) electrons. The first-order chi connectivity index (χ1) is 8.66. The van der Waals surface area contributed by atoms with Crippen molar-refractivity contribution < 1.29 is 0 Å². The summed E-state index contributed by atoms with van der Waals surface area (Å²) in [6.45, 7) is 6.36.